The van der Waals surface area contributed by atoms with E-state index >= 15 is 0 Å². The van der Waals surface area contributed by atoms with Crippen molar-refractivity contribution in [2.75, 3.05) is 0 Å². The molecule has 2 aromatic rings. The van der Waals surface area contributed by atoms with Gasteiger partial charge < -0.3 is 0 Å². The van der Waals surface area contributed by atoms with Gasteiger partial charge in [-0.2, -0.15) is 5.10 Å². The smallest absolute Gasteiger partial charge is 0.242 e. The Bertz CT molecular complexity index is 788. The Labute approximate surface area is 160 Å². The van der Waals surface area contributed by atoms with Crippen molar-refractivity contribution < 1.29 is 9.18 Å². The van der Waals surface area contributed by atoms with Crippen molar-refractivity contribution in [3.63, 3.8) is 0 Å². The van der Waals surface area contributed by atoms with E-state index < -0.39 is 0 Å². The molecule has 0 unspecified atom stereocenters. The maximum atomic E-state index is 13.1. The van der Waals surface area contributed by atoms with Crippen molar-refractivity contribution in [3.8, 4) is 0 Å². The Balaban J connectivity index is 1.78. The fourth-order valence-corrected chi connectivity index (χ4v) is 4.30. The first kappa shape index (κ1) is 18.8. The van der Waals surface area contributed by atoms with Gasteiger partial charge in [-0.15, -0.1) is 16.4 Å². The number of benzene rings is 1. The van der Waals surface area contributed by atoms with Crippen LogP contribution in [0, 0.1) is 5.82 Å². The fraction of sp³-hybridized carbons (Fsp3) is 0.316. The largest absolute Gasteiger partial charge is 0.284 e. The quantitative estimate of drug-likeness (QED) is 0.499. The van der Waals surface area contributed by atoms with E-state index in [1.54, 1.807) is 34.6 Å². The Morgan fingerprint density at radius 1 is 1.27 bits per heavy atom. The molecule has 0 N–H and O–H groups in total. The standard InChI is InChI=1S/C19H20FN3OS2/c1-2-3-6-17-18(24)23(13-14-7-9-15(20)10-8-14)19(26-17)22-21-12-16-5-4-11-25-16/h4-5,7-12,17H,2-3,6,13H2,1H3/b21-12-,22-19+/t17-/m0/s1. The van der Waals surface area contributed by atoms with Crippen LogP contribution in [0.5, 0.6) is 0 Å². The van der Waals surface area contributed by atoms with Crippen LogP contribution in [0.4, 0.5) is 4.39 Å². The maximum Gasteiger partial charge on any atom is 0.242 e. The summed E-state index contributed by atoms with van der Waals surface area (Å²) in [4.78, 5) is 15.5. The topological polar surface area (TPSA) is 45.0 Å². The van der Waals surface area contributed by atoms with Gasteiger partial charge in [0.05, 0.1) is 18.0 Å². The number of carbonyl (C=O) groups excluding carboxylic acids is 1. The van der Waals surface area contributed by atoms with Gasteiger partial charge in [-0.1, -0.05) is 49.7 Å². The molecule has 0 saturated carbocycles. The molecule has 3 rings (SSSR count). The minimum absolute atomic E-state index is 0.0536. The second kappa shape index (κ2) is 9.09. The molecule has 1 aliphatic rings. The van der Waals surface area contributed by atoms with Crippen LogP contribution in [0.15, 0.2) is 52.0 Å². The third-order valence-electron chi connectivity index (χ3n) is 3.97. The number of amides is 1. The van der Waals surface area contributed by atoms with Crippen LogP contribution in [-0.4, -0.2) is 27.4 Å². The number of halogens is 1. The third kappa shape index (κ3) is 4.80. The summed E-state index contributed by atoms with van der Waals surface area (Å²) in [6.45, 7) is 2.49. The van der Waals surface area contributed by atoms with Gasteiger partial charge in [0.2, 0.25) is 5.91 Å². The van der Waals surface area contributed by atoms with Crippen LogP contribution in [0.3, 0.4) is 0 Å². The molecule has 1 aromatic heterocycles. The Morgan fingerprint density at radius 2 is 2.08 bits per heavy atom. The number of rotatable bonds is 7. The van der Waals surface area contributed by atoms with Crippen LogP contribution in [0.2, 0.25) is 0 Å². The van der Waals surface area contributed by atoms with E-state index in [9.17, 15) is 9.18 Å². The van der Waals surface area contributed by atoms with Crippen LogP contribution < -0.4 is 0 Å². The molecule has 1 atom stereocenters. The molecule has 1 aromatic carbocycles. The lowest BCUT2D eigenvalue weighted by molar-refractivity contribution is -0.126. The molecule has 0 bridgehead atoms. The number of amidine groups is 1. The van der Waals surface area contributed by atoms with Gasteiger partial charge in [0.1, 0.15) is 5.82 Å². The Hall–Kier alpha value is -1.99. The van der Waals surface area contributed by atoms with Crippen LogP contribution >= 0.6 is 23.1 Å². The predicted molar refractivity (Wildman–Crippen MR) is 107 cm³/mol. The minimum Gasteiger partial charge on any atom is -0.284 e. The van der Waals surface area contributed by atoms with E-state index in [-0.39, 0.29) is 17.0 Å². The van der Waals surface area contributed by atoms with Gasteiger partial charge in [-0.3, -0.25) is 9.69 Å². The molecular weight excluding hydrogens is 369 g/mol. The number of nitrogens with zero attached hydrogens (tertiary/aromatic N) is 3. The summed E-state index contributed by atoms with van der Waals surface area (Å²) in [6, 6.07) is 10.1. The maximum absolute atomic E-state index is 13.1. The summed E-state index contributed by atoms with van der Waals surface area (Å²) >= 11 is 3.05. The SMILES string of the molecule is CCCC[C@@H]1S/C(=N/N=C\c2cccs2)N(Cc2ccc(F)cc2)C1=O. The van der Waals surface area contributed by atoms with Gasteiger partial charge in [0, 0.05) is 4.88 Å². The molecule has 1 fully saturated rings. The summed E-state index contributed by atoms with van der Waals surface area (Å²) < 4.78 is 13.1. The first-order valence-electron chi connectivity index (χ1n) is 8.54. The molecule has 0 aliphatic carbocycles. The molecule has 1 amide bonds. The number of hydrogen-bond donors (Lipinski definition) is 0. The summed E-state index contributed by atoms with van der Waals surface area (Å²) in [5, 5.41) is 10.9. The van der Waals surface area contributed by atoms with E-state index in [0.717, 1.165) is 29.7 Å². The summed E-state index contributed by atoms with van der Waals surface area (Å²) in [5.74, 6) is -0.232. The van der Waals surface area contributed by atoms with Crippen molar-refractivity contribution in [3.05, 3.63) is 58.0 Å². The minimum atomic E-state index is -0.286. The molecule has 1 aliphatic heterocycles. The third-order valence-corrected chi connectivity index (χ3v) is 6.01. The summed E-state index contributed by atoms with van der Waals surface area (Å²) in [5.41, 5.74) is 0.867. The predicted octanol–water partition coefficient (Wildman–Crippen LogP) is 4.91. The highest BCUT2D eigenvalue weighted by Gasteiger charge is 2.37. The Kier molecular flexibility index (Phi) is 6.57. The Morgan fingerprint density at radius 3 is 2.77 bits per heavy atom. The highest BCUT2D eigenvalue weighted by molar-refractivity contribution is 8.15. The zero-order chi connectivity index (χ0) is 18.4. The molecule has 4 nitrogen and oxygen atoms in total. The van der Waals surface area contributed by atoms with Crippen LogP contribution in [0.25, 0.3) is 0 Å². The summed E-state index contributed by atoms with van der Waals surface area (Å²) in [6.07, 6.45) is 4.57. The zero-order valence-corrected chi connectivity index (χ0v) is 16.1. The molecule has 26 heavy (non-hydrogen) atoms. The van der Waals surface area contributed by atoms with Gasteiger partial charge in [-0.05, 0) is 35.6 Å². The highest BCUT2D eigenvalue weighted by Crippen LogP contribution is 2.32. The highest BCUT2D eigenvalue weighted by atomic mass is 32.2. The van der Waals surface area contributed by atoms with E-state index in [4.69, 9.17) is 0 Å². The molecule has 0 radical (unpaired) electrons. The van der Waals surface area contributed by atoms with Crippen LogP contribution in [-0.2, 0) is 11.3 Å². The van der Waals surface area contributed by atoms with E-state index in [0.29, 0.717) is 11.7 Å². The van der Waals surface area contributed by atoms with Gasteiger partial charge >= 0.3 is 0 Å². The van der Waals surface area contributed by atoms with Gasteiger partial charge in [0.25, 0.3) is 0 Å². The van der Waals surface area contributed by atoms with E-state index in [1.807, 2.05) is 17.5 Å². The number of thioether (sulfide) groups is 1. The first-order valence-corrected chi connectivity index (χ1v) is 10.3. The second-order valence-electron chi connectivity index (χ2n) is 5.94. The van der Waals surface area contributed by atoms with Crippen molar-refractivity contribution in [2.45, 2.75) is 38.0 Å². The van der Waals surface area contributed by atoms with Crippen molar-refractivity contribution >= 4 is 40.4 Å². The number of carbonyl (C=O) groups is 1. The lowest BCUT2D eigenvalue weighted by atomic mass is 10.1. The van der Waals surface area contributed by atoms with Gasteiger partial charge in [0.15, 0.2) is 5.17 Å². The molecule has 0 spiro atoms. The van der Waals surface area contributed by atoms with E-state index in [2.05, 4.69) is 17.1 Å². The van der Waals surface area contributed by atoms with Crippen molar-refractivity contribution in [1.29, 1.82) is 0 Å². The second-order valence-corrected chi connectivity index (χ2v) is 8.09. The van der Waals surface area contributed by atoms with Crippen molar-refractivity contribution in [1.82, 2.24) is 4.90 Å². The lowest BCUT2D eigenvalue weighted by Crippen LogP contribution is -2.31. The monoisotopic (exact) mass is 389 g/mol. The molecule has 2 heterocycles. The lowest BCUT2D eigenvalue weighted by Gasteiger charge is -2.15. The normalized spacial score (nSPS) is 19.2. The molecule has 1 saturated heterocycles. The van der Waals surface area contributed by atoms with Crippen molar-refractivity contribution in [2.24, 2.45) is 10.2 Å². The molecular formula is C19H20FN3OS2. The number of hydrogen-bond acceptors (Lipinski definition) is 5. The van der Waals surface area contributed by atoms with Crippen LogP contribution in [0.1, 0.15) is 36.6 Å². The fourth-order valence-electron chi connectivity index (χ4n) is 2.58. The number of thiophene rings is 1. The van der Waals surface area contributed by atoms with E-state index in [1.165, 1.54) is 23.9 Å². The molecule has 136 valence electrons. The average molecular weight is 390 g/mol. The van der Waals surface area contributed by atoms with Gasteiger partial charge in [-0.25, -0.2) is 4.39 Å². The summed E-state index contributed by atoms with van der Waals surface area (Å²) in [7, 11) is 0. The number of unbranched alkanes of at least 4 members (excludes halogenated alkanes) is 1. The zero-order valence-electron chi connectivity index (χ0n) is 14.5. The first-order chi connectivity index (χ1) is 12.7. The molecule has 7 heteroatoms. The average Bonchev–Trinajstić information content (AvgIpc) is 3.25.